The molecule has 6 heteroatoms. The summed E-state index contributed by atoms with van der Waals surface area (Å²) in [5.41, 5.74) is 0.0765. The molecule has 0 radical (unpaired) electrons. The first-order chi connectivity index (χ1) is 10.5. The molecule has 2 amide bonds. The van der Waals surface area contributed by atoms with Gasteiger partial charge in [-0.25, -0.2) is 13.6 Å². The summed E-state index contributed by atoms with van der Waals surface area (Å²) in [6, 6.07) is 3.45. The molecule has 1 aliphatic heterocycles. The number of hydrogen-bond acceptors (Lipinski definition) is 2. The van der Waals surface area contributed by atoms with Crippen LogP contribution in [-0.2, 0) is 5.41 Å². The fourth-order valence-electron chi connectivity index (χ4n) is 3.13. The zero-order chi connectivity index (χ0) is 15.7. The number of halogens is 2. The number of carbonyl (C=O) groups is 1. The molecule has 2 N–H and O–H groups in total. The maximum atomic E-state index is 13.9. The predicted octanol–water partition coefficient (Wildman–Crippen LogP) is 2.02. The van der Waals surface area contributed by atoms with Gasteiger partial charge >= 0.3 is 6.03 Å². The SMILES string of the molecule is O=C(NCC1(c2ccc(F)cc2F)CC1)N1CCC(CO)C1. The first-order valence-electron chi connectivity index (χ1n) is 7.63. The molecule has 1 heterocycles. The zero-order valence-electron chi connectivity index (χ0n) is 12.3. The number of carbonyl (C=O) groups excluding carboxylic acids is 1. The summed E-state index contributed by atoms with van der Waals surface area (Å²) >= 11 is 0. The van der Waals surface area contributed by atoms with Gasteiger partial charge in [0.15, 0.2) is 0 Å². The van der Waals surface area contributed by atoms with Crippen LogP contribution < -0.4 is 5.32 Å². The van der Waals surface area contributed by atoms with Crippen molar-refractivity contribution in [3.05, 3.63) is 35.4 Å². The minimum absolute atomic E-state index is 0.0918. The first kappa shape index (κ1) is 15.2. The van der Waals surface area contributed by atoms with Gasteiger partial charge in [-0.1, -0.05) is 6.07 Å². The number of aliphatic hydroxyl groups excluding tert-OH is 1. The van der Waals surface area contributed by atoms with Crippen molar-refractivity contribution < 1.29 is 18.7 Å². The fraction of sp³-hybridized carbons (Fsp3) is 0.562. The second-order valence-electron chi connectivity index (χ2n) is 6.35. The third-order valence-electron chi connectivity index (χ3n) is 4.77. The second kappa shape index (κ2) is 5.83. The van der Waals surface area contributed by atoms with Gasteiger partial charge in [0, 0.05) is 43.6 Å². The largest absolute Gasteiger partial charge is 0.396 e. The number of aliphatic hydroxyl groups is 1. The van der Waals surface area contributed by atoms with Crippen molar-refractivity contribution >= 4 is 6.03 Å². The van der Waals surface area contributed by atoms with Crippen molar-refractivity contribution in [2.45, 2.75) is 24.7 Å². The third kappa shape index (κ3) is 2.92. The van der Waals surface area contributed by atoms with Crippen molar-refractivity contribution in [3.8, 4) is 0 Å². The number of likely N-dealkylation sites (tertiary alicyclic amines) is 1. The maximum absolute atomic E-state index is 13.9. The van der Waals surface area contributed by atoms with Crippen LogP contribution >= 0.6 is 0 Å². The van der Waals surface area contributed by atoms with Gasteiger partial charge in [-0.3, -0.25) is 0 Å². The van der Waals surface area contributed by atoms with Crippen LogP contribution in [0, 0.1) is 17.6 Å². The van der Waals surface area contributed by atoms with E-state index in [0.717, 1.165) is 25.3 Å². The molecule has 3 rings (SSSR count). The van der Waals surface area contributed by atoms with E-state index in [2.05, 4.69) is 5.32 Å². The number of amides is 2. The Morgan fingerprint density at radius 3 is 2.77 bits per heavy atom. The Hall–Kier alpha value is -1.69. The van der Waals surface area contributed by atoms with E-state index in [1.807, 2.05) is 0 Å². The van der Waals surface area contributed by atoms with Crippen LogP contribution in [0.2, 0.25) is 0 Å². The van der Waals surface area contributed by atoms with Crippen molar-refractivity contribution in [1.29, 1.82) is 0 Å². The molecular weight excluding hydrogens is 290 g/mol. The zero-order valence-corrected chi connectivity index (χ0v) is 12.3. The lowest BCUT2D eigenvalue weighted by molar-refractivity contribution is 0.197. The average molecular weight is 310 g/mol. The Balaban J connectivity index is 1.60. The molecule has 1 unspecified atom stereocenters. The van der Waals surface area contributed by atoms with E-state index in [9.17, 15) is 13.6 Å². The van der Waals surface area contributed by atoms with Gasteiger partial charge in [-0.05, 0) is 30.9 Å². The number of benzene rings is 1. The summed E-state index contributed by atoms with van der Waals surface area (Å²) in [4.78, 5) is 13.8. The van der Waals surface area contributed by atoms with Crippen LogP contribution in [0.15, 0.2) is 18.2 Å². The standard InChI is InChI=1S/C16H20F2N2O2/c17-12-1-2-13(14(18)7-12)16(4-5-16)10-19-15(22)20-6-3-11(8-20)9-21/h1-2,7,11,21H,3-6,8-10H2,(H,19,22). The van der Waals surface area contributed by atoms with Crippen LogP contribution in [0.1, 0.15) is 24.8 Å². The highest BCUT2D eigenvalue weighted by Crippen LogP contribution is 2.48. The van der Waals surface area contributed by atoms with Gasteiger partial charge in [0.05, 0.1) is 0 Å². The highest BCUT2D eigenvalue weighted by Gasteiger charge is 2.46. The van der Waals surface area contributed by atoms with Crippen molar-refractivity contribution in [3.63, 3.8) is 0 Å². The minimum atomic E-state index is -0.590. The quantitative estimate of drug-likeness (QED) is 0.894. The van der Waals surface area contributed by atoms with E-state index in [4.69, 9.17) is 5.11 Å². The van der Waals surface area contributed by atoms with Gasteiger partial charge in [0.1, 0.15) is 11.6 Å². The molecule has 1 saturated carbocycles. The number of nitrogens with zero attached hydrogens (tertiary/aromatic N) is 1. The summed E-state index contributed by atoms with van der Waals surface area (Å²) in [7, 11) is 0. The van der Waals surface area contributed by atoms with E-state index in [-0.39, 0.29) is 18.6 Å². The van der Waals surface area contributed by atoms with Crippen molar-refractivity contribution in [2.75, 3.05) is 26.2 Å². The Morgan fingerprint density at radius 1 is 1.41 bits per heavy atom. The molecule has 0 spiro atoms. The predicted molar refractivity (Wildman–Crippen MR) is 77.4 cm³/mol. The van der Waals surface area contributed by atoms with Gasteiger partial charge in [0.25, 0.3) is 0 Å². The highest BCUT2D eigenvalue weighted by molar-refractivity contribution is 5.74. The molecule has 2 fully saturated rings. The van der Waals surface area contributed by atoms with Crippen LogP contribution in [0.4, 0.5) is 13.6 Å². The second-order valence-corrected chi connectivity index (χ2v) is 6.35. The molecule has 1 aromatic carbocycles. The van der Waals surface area contributed by atoms with E-state index < -0.39 is 17.0 Å². The molecule has 4 nitrogen and oxygen atoms in total. The third-order valence-corrected chi connectivity index (χ3v) is 4.77. The summed E-state index contributed by atoms with van der Waals surface area (Å²) in [5, 5.41) is 12.0. The summed E-state index contributed by atoms with van der Waals surface area (Å²) in [6.45, 7) is 1.64. The molecular formula is C16H20F2N2O2. The lowest BCUT2D eigenvalue weighted by Gasteiger charge is -2.21. The van der Waals surface area contributed by atoms with Gasteiger partial charge in [-0.2, -0.15) is 0 Å². The molecule has 2 aliphatic rings. The number of hydrogen-bond donors (Lipinski definition) is 2. The Morgan fingerprint density at radius 2 is 2.18 bits per heavy atom. The van der Waals surface area contributed by atoms with E-state index in [1.54, 1.807) is 4.90 Å². The Kier molecular flexibility index (Phi) is 4.04. The Bertz CT molecular complexity index is 575. The molecule has 0 bridgehead atoms. The normalized spacial score (nSPS) is 22.7. The maximum Gasteiger partial charge on any atom is 0.317 e. The molecule has 120 valence electrons. The van der Waals surface area contributed by atoms with Crippen LogP contribution in [0.5, 0.6) is 0 Å². The van der Waals surface area contributed by atoms with Crippen LogP contribution in [0.25, 0.3) is 0 Å². The lowest BCUT2D eigenvalue weighted by Crippen LogP contribution is -2.42. The average Bonchev–Trinajstić information content (AvgIpc) is 3.11. The Labute approximate surface area is 128 Å². The van der Waals surface area contributed by atoms with Gasteiger partial charge in [0.2, 0.25) is 0 Å². The summed E-state index contributed by atoms with van der Waals surface area (Å²) in [5.74, 6) is -0.989. The van der Waals surface area contributed by atoms with Gasteiger partial charge in [-0.15, -0.1) is 0 Å². The first-order valence-corrected chi connectivity index (χ1v) is 7.63. The molecule has 1 atom stereocenters. The van der Waals surface area contributed by atoms with E-state index in [0.29, 0.717) is 25.2 Å². The number of urea groups is 1. The smallest absolute Gasteiger partial charge is 0.317 e. The molecule has 1 saturated heterocycles. The topological polar surface area (TPSA) is 52.6 Å². The van der Waals surface area contributed by atoms with E-state index in [1.165, 1.54) is 12.1 Å². The lowest BCUT2D eigenvalue weighted by atomic mass is 9.95. The van der Waals surface area contributed by atoms with Crippen LogP contribution in [-0.4, -0.2) is 42.3 Å². The summed E-state index contributed by atoms with van der Waals surface area (Å²) < 4.78 is 26.9. The molecule has 1 aromatic rings. The highest BCUT2D eigenvalue weighted by atomic mass is 19.1. The summed E-state index contributed by atoms with van der Waals surface area (Å²) in [6.07, 6.45) is 2.38. The number of nitrogens with one attached hydrogen (secondary N) is 1. The fourth-order valence-corrected chi connectivity index (χ4v) is 3.13. The molecule has 22 heavy (non-hydrogen) atoms. The van der Waals surface area contributed by atoms with Crippen molar-refractivity contribution in [2.24, 2.45) is 5.92 Å². The minimum Gasteiger partial charge on any atom is -0.396 e. The molecule has 0 aromatic heterocycles. The van der Waals surface area contributed by atoms with E-state index >= 15 is 0 Å². The molecule has 1 aliphatic carbocycles. The van der Waals surface area contributed by atoms with Gasteiger partial charge < -0.3 is 15.3 Å². The van der Waals surface area contributed by atoms with Crippen LogP contribution in [0.3, 0.4) is 0 Å². The number of rotatable bonds is 4. The van der Waals surface area contributed by atoms with Crippen molar-refractivity contribution in [1.82, 2.24) is 10.2 Å². The monoisotopic (exact) mass is 310 g/mol.